The van der Waals surface area contributed by atoms with E-state index in [0.29, 0.717) is 5.52 Å². The first-order valence-corrected chi connectivity index (χ1v) is 5.16. The van der Waals surface area contributed by atoms with Gasteiger partial charge in [0.1, 0.15) is 10.7 Å². The van der Waals surface area contributed by atoms with Gasteiger partial charge in [-0.15, -0.1) is 0 Å². The summed E-state index contributed by atoms with van der Waals surface area (Å²) in [5.41, 5.74) is 0.457. The van der Waals surface area contributed by atoms with Crippen molar-refractivity contribution in [2.24, 2.45) is 0 Å². The maximum atomic E-state index is 12.8. The molecule has 0 aliphatic carbocycles. The molecule has 0 atom stereocenters. The van der Waals surface area contributed by atoms with E-state index in [9.17, 15) is 12.8 Å². The van der Waals surface area contributed by atoms with Gasteiger partial charge in [0.25, 0.3) is 10.1 Å². The molecule has 1 aromatic carbocycles. The summed E-state index contributed by atoms with van der Waals surface area (Å²) in [5.74, 6) is -0.554. The second-order valence-electron chi connectivity index (χ2n) is 2.82. The molecule has 2 rings (SSSR count). The molecule has 0 saturated carbocycles. The molecule has 1 heterocycles. The third-order valence-corrected chi connectivity index (χ3v) is 2.78. The number of hydrogen-bond donors (Lipinski definition) is 2. The lowest BCUT2D eigenvalue weighted by atomic mass is 10.2. The second kappa shape index (κ2) is 2.79. The molecule has 6 heteroatoms. The van der Waals surface area contributed by atoms with Gasteiger partial charge in [-0.3, -0.25) is 4.55 Å². The van der Waals surface area contributed by atoms with Crippen LogP contribution in [0.5, 0.6) is 0 Å². The second-order valence-corrected chi connectivity index (χ2v) is 4.21. The first-order valence-electron chi connectivity index (χ1n) is 3.72. The standard InChI is InChI=1S/C8H6FNO3S/c9-5-1-2-7-6(3-5)8(4-10-7)14(11,12)13/h1-4,10H,(H,11,12,13). The number of H-pyrrole nitrogens is 1. The number of benzene rings is 1. The highest BCUT2D eigenvalue weighted by Crippen LogP contribution is 2.22. The number of aromatic amines is 1. The van der Waals surface area contributed by atoms with Gasteiger partial charge >= 0.3 is 0 Å². The SMILES string of the molecule is O=S(=O)(O)c1c[nH]c2ccc(F)cc12. The predicted octanol–water partition coefficient (Wildman–Crippen LogP) is 1.55. The van der Waals surface area contributed by atoms with E-state index in [0.717, 1.165) is 12.3 Å². The molecule has 0 unspecified atom stereocenters. The number of nitrogens with one attached hydrogen (secondary N) is 1. The smallest absolute Gasteiger partial charge is 0.296 e. The summed E-state index contributed by atoms with van der Waals surface area (Å²) >= 11 is 0. The summed E-state index contributed by atoms with van der Waals surface area (Å²) in [6, 6.07) is 3.65. The van der Waals surface area contributed by atoms with E-state index in [2.05, 4.69) is 4.98 Å². The fraction of sp³-hybridized carbons (Fsp3) is 0. The van der Waals surface area contributed by atoms with Crippen molar-refractivity contribution < 1.29 is 17.4 Å². The molecule has 0 bridgehead atoms. The van der Waals surface area contributed by atoms with Crippen LogP contribution in [0.2, 0.25) is 0 Å². The molecule has 0 saturated heterocycles. The van der Waals surface area contributed by atoms with E-state index in [1.54, 1.807) is 0 Å². The van der Waals surface area contributed by atoms with E-state index >= 15 is 0 Å². The molecule has 0 fully saturated rings. The third kappa shape index (κ3) is 1.38. The normalized spacial score (nSPS) is 12.1. The van der Waals surface area contributed by atoms with Crippen molar-refractivity contribution in [1.29, 1.82) is 0 Å². The van der Waals surface area contributed by atoms with Crippen molar-refractivity contribution in [3.05, 3.63) is 30.2 Å². The van der Waals surface area contributed by atoms with E-state index in [4.69, 9.17) is 4.55 Å². The van der Waals surface area contributed by atoms with Gasteiger partial charge in [0, 0.05) is 17.1 Å². The topological polar surface area (TPSA) is 70.2 Å². The van der Waals surface area contributed by atoms with Crippen molar-refractivity contribution in [2.75, 3.05) is 0 Å². The molecule has 0 aliphatic rings. The molecule has 4 nitrogen and oxygen atoms in total. The van der Waals surface area contributed by atoms with Crippen LogP contribution in [0, 0.1) is 5.82 Å². The van der Waals surface area contributed by atoms with Crippen LogP contribution < -0.4 is 0 Å². The van der Waals surface area contributed by atoms with Crippen LogP contribution in [-0.2, 0) is 10.1 Å². The molecule has 0 amide bonds. The molecule has 0 radical (unpaired) electrons. The minimum Gasteiger partial charge on any atom is -0.360 e. The lowest BCUT2D eigenvalue weighted by Gasteiger charge is -1.93. The Balaban J connectivity index is 2.87. The van der Waals surface area contributed by atoms with Crippen molar-refractivity contribution in [2.45, 2.75) is 4.90 Å². The lowest BCUT2D eigenvalue weighted by molar-refractivity contribution is 0.484. The number of hydrogen-bond acceptors (Lipinski definition) is 2. The van der Waals surface area contributed by atoms with E-state index in [-0.39, 0.29) is 10.3 Å². The minimum atomic E-state index is -4.30. The molecule has 2 N–H and O–H groups in total. The van der Waals surface area contributed by atoms with Crippen molar-refractivity contribution in [1.82, 2.24) is 4.98 Å². The summed E-state index contributed by atoms with van der Waals surface area (Å²) < 4.78 is 43.3. The summed E-state index contributed by atoms with van der Waals surface area (Å²) in [7, 11) is -4.30. The predicted molar refractivity (Wildman–Crippen MR) is 48.1 cm³/mol. The van der Waals surface area contributed by atoms with Crippen LogP contribution in [0.1, 0.15) is 0 Å². The van der Waals surface area contributed by atoms with Crippen molar-refractivity contribution in [3.63, 3.8) is 0 Å². The molecular formula is C8H6FNO3S. The summed E-state index contributed by atoms with van der Waals surface area (Å²) in [6.07, 6.45) is 1.12. The first kappa shape index (κ1) is 9.17. The zero-order chi connectivity index (χ0) is 10.3. The monoisotopic (exact) mass is 215 g/mol. The Kier molecular flexibility index (Phi) is 1.83. The highest BCUT2D eigenvalue weighted by molar-refractivity contribution is 7.86. The van der Waals surface area contributed by atoms with Gasteiger partial charge in [-0.25, -0.2) is 4.39 Å². The van der Waals surface area contributed by atoms with Crippen LogP contribution in [-0.4, -0.2) is 18.0 Å². The Morgan fingerprint density at radius 1 is 1.36 bits per heavy atom. The maximum absolute atomic E-state index is 12.8. The number of rotatable bonds is 1. The molecule has 0 aliphatic heterocycles. The Bertz CT molecular complexity index is 588. The fourth-order valence-corrected chi connectivity index (χ4v) is 1.94. The largest absolute Gasteiger partial charge is 0.360 e. The lowest BCUT2D eigenvalue weighted by Crippen LogP contribution is -1.96. The molecule has 1 aromatic heterocycles. The minimum absolute atomic E-state index is 0.146. The Labute approximate surface area is 79.1 Å². The molecule has 74 valence electrons. The first-order chi connectivity index (χ1) is 6.48. The zero-order valence-corrected chi connectivity index (χ0v) is 7.68. The molecule has 2 aromatic rings. The summed E-state index contributed by atoms with van der Waals surface area (Å²) in [5, 5.41) is 0.146. The maximum Gasteiger partial charge on any atom is 0.296 e. The Morgan fingerprint density at radius 2 is 2.07 bits per heavy atom. The van der Waals surface area contributed by atoms with Gasteiger partial charge in [-0.05, 0) is 18.2 Å². The van der Waals surface area contributed by atoms with Gasteiger partial charge in [0.15, 0.2) is 0 Å². The Morgan fingerprint density at radius 3 is 2.71 bits per heavy atom. The average Bonchev–Trinajstić information content (AvgIpc) is 2.45. The van der Waals surface area contributed by atoms with Gasteiger partial charge < -0.3 is 4.98 Å². The van der Waals surface area contributed by atoms with Gasteiger partial charge in [0.05, 0.1) is 0 Å². The number of halogens is 1. The van der Waals surface area contributed by atoms with E-state index in [1.807, 2.05) is 0 Å². The highest BCUT2D eigenvalue weighted by Gasteiger charge is 2.15. The van der Waals surface area contributed by atoms with Crippen LogP contribution in [0.4, 0.5) is 4.39 Å². The fourth-order valence-electron chi connectivity index (χ4n) is 1.28. The Hall–Kier alpha value is -1.40. The number of fused-ring (bicyclic) bond motifs is 1. The van der Waals surface area contributed by atoms with E-state index in [1.165, 1.54) is 12.1 Å². The van der Waals surface area contributed by atoms with Crippen molar-refractivity contribution >= 4 is 21.0 Å². The summed E-state index contributed by atoms with van der Waals surface area (Å²) in [4.78, 5) is 2.30. The van der Waals surface area contributed by atoms with Crippen LogP contribution in [0.25, 0.3) is 10.9 Å². The molecular weight excluding hydrogens is 209 g/mol. The molecule has 0 spiro atoms. The van der Waals surface area contributed by atoms with E-state index < -0.39 is 15.9 Å². The average molecular weight is 215 g/mol. The third-order valence-electron chi connectivity index (χ3n) is 1.88. The quantitative estimate of drug-likeness (QED) is 0.709. The van der Waals surface area contributed by atoms with Crippen LogP contribution >= 0.6 is 0 Å². The zero-order valence-electron chi connectivity index (χ0n) is 6.86. The molecule has 14 heavy (non-hydrogen) atoms. The van der Waals surface area contributed by atoms with Gasteiger partial charge in [-0.2, -0.15) is 8.42 Å². The highest BCUT2D eigenvalue weighted by atomic mass is 32.2. The van der Waals surface area contributed by atoms with Gasteiger partial charge in [-0.1, -0.05) is 0 Å². The van der Waals surface area contributed by atoms with Crippen LogP contribution in [0.15, 0.2) is 29.3 Å². The van der Waals surface area contributed by atoms with Crippen molar-refractivity contribution in [3.8, 4) is 0 Å². The van der Waals surface area contributed by atoms with Crippen LogP contribution in [0.3, 0.4) is 0 Å². The number of aromatic nitrogens is 1. The summed E-state index contributed by atoms with van der Waals surface area (Å²) in [6.45, 7) is 0. The van der Waals surface area contributed by atoms with Gasteiger partial charge in [0.2, 0.25) is 0 Å².